The number of rotatable bonds is 8. The molecule has 3 aromatic rings. The monoisotopic (exact) mass is 535 g/mol. The summed E-state index contributed by atoms with van der Waals surface area (Å²) in [7, 11) is -2.56. The first kappa shape index (κ1) is 26.1. The maximum atomic E-state index is 13.1. The number of piperidine rings is 1. The number of ether oxygens (including phenoxy) is 1. The van der Waals surface area contributed by atoms with E-state index in [1.165, 1.54) is 13.3 Å². The number of fused-ring (bicyclic) bond motifs is 1. The molecule has 36 heavy (non-hydrogen) atoms. The van der Waals surface area contributed by atoms with E-state index in [2.05, 4.69) is 20.3 Å². The lowest BCUT2D eigenvalue weighted by atomic mass is 9.94. The summed E-state index contributed by atoms with van der Waals surface area (Å²) in [4.78, 5) is 50.4. The summed E-state index contributed by atoms with van der Waals surface area (Å²) in [5.74, 6) is 0.596. The zero-order chi connectivity index (χ0) is 25.9. The van der Waals surface area contributed by atoms with Gasteiger partial charge in [-0.15, -0.1) is 0 Å². The number of hydrogen-bond donors (Lipinski definition) is 3. The van der Waals surface area contributed by atoms with Gasteiger partial charge in [0.15, 0.2) is 0 Å². The van der Waals surface area contributed by atoms with E-state index in [1.54, 1.807) is 30.3 Å². The van der Waals surface area contributed by atoms with Gasteiger partial charge in [0.05, 0.1) is 19.5 Å². The number of methoxy groups -OCH3 is 1. The Kier molecular flexibility index (Phi) is 7.94. The zero-order valence-electron chi connectivity index (χ0n) is 19.6. The van der Waals surface area contributed by atoms with Crippen molar-refractivity contribution in [2.75, 3.05) is 36.6 Å². The Labute approximate surface area is 212 Å². The number of pyridine rings is 1. The first-order valence-corrected chi connectivity index (χ1v) is 13.6. The second-order valence-corrected chi connectivity index (χ2v) is 10.9. The molecule has 11 nitrogen and oxygen atoms in total. The number of carbonyl (C=O) groups excluding carboxylic acids is 1. The van der Waals surface area contributed by atoms with Gasteiger partial charge in [-0.05, 0) is 55.5 Å². The van der Waals surface area contributed by atoms with Gasteiger partial charge in [-0.3, -0.25) is 14.2 Å². The molecule has 1 fully saturated rings. The van der Waals surface area contributed by atoms with E-state index in [-0.39, 0.29) is 29.9 Å². The highest BCUT2D eigenvalue weighted by Gasteiger charge is 2.24. The Morgan fingerprint density at radius 1 is 1.25 bits per heavy atom. The van der Waals surface area contributed by atoms with Crippen LogP contribution in [0.3, 0.4) is 0 Å². The number of nitrogens with zero attached hydrogens (tertiary/aromatic N) is 4. The average molecular weight is 536 g/mol. The summed E-state index contributed by atoms with van der Waals surface area (Å²) in [6, 6.07) is 8.38. The van der Waals surface area contributed by atoms with Gasteiger partial charge in [0.25, 0.3) is 5.56 Å². The summed E-state index contributed by atoms with van der Waals surface area (Å²) in [6.45, 7) is 1.05. The smallest absolute Gasteiger partial charge is 0.325 e. The highest BCUT2D eigenvalue weighted by molar-refractivity contribution is 7.51. The molecule has 1 aliphatic heterocycles. The van der Waals surface area contributed by atoms with Crippen LogP contribution in [-0.2, 0) is 15.9 Å². The van der Waals surface area contributed by atoms with Crippen LogP contribution in [0.1, 0.15) is 19.3 Å². The number of halogens is 1. The van der Waals surface area contributed by atoms with E-state index in [0.29, 0.717) is 41.4 Å². The fraction of sp³-hybridized carbons (Fsp3) is 0.391. The predicted octanol–water partition coefficient (Wildman–Crippen LogP) is 2.88. The predicted molar refractivity (Wildman–Crippen MR) is 137 cm³/mol. The Morgan fingerprint density at radius 2 is 1.94 bits per heavy atom. The third-order valence-corrected chi connectivity index (χ3v) is 7.26. The van der Waals surface area contributed by atoms with Gasteiger partial charge >= 0.3 is 7.60 Å². The van der Waals surface area contributed by atoms with Crippen LogP contribution in [0.4, 0.5) is 11.5 Å². The van der Waals surface area contributed by atoms with E-state index >= 15 is 0 Å². The second-order valence-electron chi connectivity index (χ2n) is 8.72. The highest BCUT2D eigenvalue weighted by atomic mass is 35.5. The van der Waals surface area contributed by atoms with Crippen LogP contribution >= 0.6 is 19.2 Å². The quantitative estimate of drug-likeness (QED) is 0.370. The van der Waals surface area contributed by atoms with Crippen LogP contribution in [0, 0.1) is 5.92 Å². The molecule has 0 saturated carbocycles. The minimum Gasteiger partial charge on any atom is -0.480 e. The molecule has 0 atom stereocenters. The highest BCUT2D eigenvalue weighted by Crippen LogP contribution is 2.38. The Hall–Kier alpha value is -2.98. The van der Waals surface area contributed by atoms with Crippen molar-refractivity contribution in [1.82, 2.24) is 14.8 Å². The zero-order valence-corrected chi connectivity index (χ0v) is 21.3. The van der Waals surface area contributed by atoms with E-state index in [4.69, 9.17) is 26.1 Å². The van der Waals surface area contributed by atoms with E-state index in [9.17, 15) is 14.2 Å². The summed E-state index contributed by atoms with van der Waals surface area (Å²) in [5.41, 5.74) is 0.0541. The van der Waals surface area contributed by atoms with Gasteiger partial charge in [0.2, 0.25) is 11.8 Å². The molecule has 0 spiro atoms. The molecule has 1 amide bonds. The number of benzene rings is 1. The molecule has 0 unspecified atom stereocenters. The van der Waals surface area contributed by atoms with Gasteiger partial charge in [-0.2, -0.15) is 10.1 Å². The lowest BCUT2D eigenvalue weighted by molar-refractivity contribution is -0.117. The molecule has 1 aliphatic rings. The first-order chi connectivity index (χ1) is 17.1. The largest absolute Gasteiger partial charge is 0.480 e. The lowest BCUT2D eigenvalue weighted by Gasteiger charge is -2.33. The van der Waals surface area contributed by atoms with Crippen LogP contribution in [0.2, 0.25) is 5.02 Å². The van der Waals surface area contributed by atoms with Gasteiger partial charge in [-0.1, -0.05) is 11.6 Å². The van der Waals surface area contributed by atoms with Gasteiger partial charge in [0, 0.05) is 29.2 Å². The Balaban J connectivity index is 1.49. The minimum atomic E-state index is -3.99. The van der Waals surface area contributed by atoms with Crippen LogP contribution in [0.25, 0.3) is 10.8 Å². The molecule has 2 aromatic heterocycles. The van der Waals surface area contributed by atoms with Crippen molar-refractivity contribution in [3.05, 3.63) is 51.9 Å². The standard InChI is InChI=1S/C23H27ClN5O6P/c1-35-22-21-16(12-19(27-22)28-9-6-15(7-10-28)8-11-36(32,33)34)13-25-29(23(21)31)14-20(30)26-18-4-2-17(24)3-5-18/h2-5,12-13,15H,6-11,14H2,1H3,(H,26,30)(H2,32,33,34). The molecule has 1 aromatic carbocycles. The van der Waals surface area contributed by atoms with Crippen molar-refractivity contribution >= 4 is 47.4 Å². The molecule has 3 heterocycles. The molecule has 13 heteroatoms. The molecule has 192 valence electrons. The van der Waals surface area contributed by atoms with Crippen molar-refractivity contribution in [3.8, 4) is 5.88 Å². The fourth-order valence-electron chi connectivity index (χ4n) is 4.25. The third kappa shape index (κ3) is 6.41. The molecule has 3 N–H and O–H groups in total. The molecule has 0 radical (unpaired) electrons. The van der Waals surface area contributed by atoms with Gasteiger partial charge in [0.1, 0.15) is 17.7 Å². The summed E-state index contributed by atoms with van der Waals surface area (Å²) >= 11 is 5.86. The summed E-state index contributed by atoms with van der Waals surface area (Å²) in [5, 5.41) is 8.19. The van der Waals surface area contributed by atoms with Crippen LogP contribution in [-0.4, -0.2) is 56.8 Å². The Morgan fingerprint density at radius 3 is 2.58 bits per heavy atom. The number of nitrogens with one attached hydrogen (secondary N) is 1. The number of anilines is 2. The van der Waals surface area contributed by atoms with Crippen molar-refractivity contribution in [2.24, 2.45) is 5.92 Å². The number of carbonyl (C=O) groups is 1. The average Bonchev–Trinajstić information content (AvgIpc) is 2.85. The van der Waals surface area contributed by atoms with Crippen LogP contribution in [0.15, 0.2) is 41.3 Å². The van der Waals surface area contributed by atoms with Crippen molar-refractivity contribution in [1.29, 1.82) is 0 Å². The van der Waals surface area contributed by atoms with Crippen LogP contribution < -0.4 is 20.5 Å². The maximum Gasteiger partial charge on any atom is 0.325 e. The van der Waals surface area contributed by atoms with Crippen LogP contribution in [0.5, 0.6) is 5.88 Å². The van der Waals surface area contributed by atoms with Crippen molar-refractivity contribution in [3.63, 3.8) is 0 Å². The van der Waals surface area contributed by atoms with E-state index in [0.717, 1.165) is 17.5 Å². The fourth-order valence-corrected chi connectivity index (χ4v) is 5.08. The lowest BCUT2D eigenvalue weighted by Crippen LogP contribution is -2.35. The molecular formula is C23H27ClN5O6P. The molecule has 4 rings (SSSR count). The number of aromatic nitrogens is 3. The number of hydrogen-bond acceptors (Lipinski definition) is 7. The van der Waals surface area contributed by atoms with E-state index in [1.807, 2.05) is 0 Å². The molecule has 0 bridgehead atoms. The Bertz CT molecular complexity index is 1350. The summed E-state index contributed by atoms with van der Waals surface area (Å²) in [6.07, 6.45) is 3.46. The maximum absolute atomic E-state index is 13.1. The second kappa shape index (κ2) is 11.0. The van der Waals surface area contributed by atoms with E-state index < -0.39 is 19.1 Å². The molecular weight excluding hydrogens is 509 g/mol. The van der Waals surface area contributed by atoms with Crippen molar-refractivity contribution in [2.45, 2.75) is 25.8 Å². The number of amides is 1. The topological polar surface area (TPSA) is 147 Å². The van der Waals surface area contributed by atoms with Gasteiger partial charge < -0.3 is 24.7 Å². The normalized spacial score (nSPS) is 14.7. The van der Waals surface area contributed by atoms with Gasteiger partial charge in [-0.25, -0.2) is 4.68 Å². The SMILES string of the molecule is COc1nc(N2CCC(CCP(=O)(O)O)CC2)cc2cnn(CC(=O)Nc3ccc(Cl)cc3)c(=O)c12. The first-order valence-electron chi connectivity index (χ1n) is 11.4. The molecule has 0 aliphatic carbocycles. The minimum absolute atomic E-state index is 0.102. The van der Waals surface area contributed by atoms with Crippen molar-refractivity contribution < 1.29 is 23.9 Å². The molecule has 1 saturated heterocycles. The summed E-state index contributed by atoms with van der Waals surface area (Å²) < 4.78 is 17.6. The third-order valence-electron chi connectivity index (χ3n) is 6.17.